The molecule has 3 aliphatic rings. The molecule has 0 radical (unpaired) electrons. The number of ether oxygens (including phenoxy) is 2. The summed E-state index contributed by atoms with van der Waals surface area (Å²) < 4.78 is 11.2. The number of esters is 1. The molecule has 4 heteroatoms. The highest BCUT2D eigenvalue weighted by atomic mass is 16.6. The number of aliphatic hydroxyl groups excluding tert-OH is 1. The van der Waals surface area contributed by atoms with Crippen molar-refractivity contribution in [2.24, 2.45) is 5.92 Å². The molecule has 5 atom stereocenters. The normalized spacial score (nSPS) is 48.7. The first kappa shape index (κ1) is 12.9. The van der Waals surface area contributed by atoms with Gasteiger partial charge >= 0.3 is 5.97 Å². The molecule has 1 N–H and O–H groups in total. The summed E-state index contributed by atoms with van der Waals surface area (Å²) in [5, 5.41) is 10.4. The van der Waals surface area contributed by atoms with Crippen LogP contribution in [-0.2, 0) is 14.3 Å². The second-order valence-electron chi connectivity index (χ2n) is 6.13. The number of epoxide rings is 1. The molecule has 0 amide bonds. The Balaban J connectivity index is 1.93. The van der Waals surface area contributed by atoms with Crippen LogP contribution in [0.1, 0.15) is 33.1 Å². The molecule has 0 spiro atoms. The maximum absolute atomic E-state index is 11.7. The Morgan fingerprint density at radius 2 is 2.26 bits per heavy atom. The van der Waals surface area contributed by atoms with Crippen molar-refractivity contribution < 1.29 is 19.4 Å². The Labute approximate surface area is 113 Å². The molecule has 3 unspecified atom stereocenters. The number of carbonyl (C=O) groups excluding carboxylic acids is 1. The highest BCUT2D eigenvalue weighted by Gasteiger charge is 2.62. The van der Waals surface area contributed by atoms with E-state index in [1.165, 1.54) is 0 Å². The molecular weight excluding hydrogens is 244 g/mol. The van der Waals surface area contributed by atoms with Crippen LogP contribution in [0.4, 0.5) is 0 Å². The molecule has 4 nitrogen and oxygen atoms in total. The van der Waals surface area contributed by atoms with Crippen molar-refractivity contribution >= 4 is 5.97 Å². The molecular formula is C15H20O4. The van der Waals surface area contributed by atoms with Gasteiger partial charge in [-0.1, -0.05) is 18.2 Å². The third kappa shape index (κ3) is 2.03. The van der Waals surface area contributed by atoms with Gasteiger partial charge in [0.1, 0.15) is 12.2 Å². The van der Waals surface area contributed by atoms with Crippen LogP contribution in [0.15, 0.2) is 23.8 Å². The molecule has 0 bridgehead atoms. The number of fused-ring (bicyclic) bond motifs is 3. The molecule has 1 aliphatic carbocycles. The van der Waals surface area contributed by atoms with E-state index in [1.54, 1.807) is 0 Å². The fourth-order valence-corrected chi connectivity index (χ4v) is 3.33. The fourth-order valence-electron chi connectivity index (χ4n) is 3.33. The minimum Gasteiger partial charge on any atom is -0.455 e. The highest BCUT2D eigenvalue weighted by Crippen LogP contribution is 2.49. The van der Waals surface area contributed by atoms with Gasteiger partial charge in [0, 0.05) is 5.57 Å². The number of aliphatic hydroxyl groups is 1. The lowest BCUT2D eigenvalue weighted by Crippen LogP contribution is -2.35. The van der Waals surface area contributed by atoms with Crippen LogP contribution in [0.3, 0.4) is 0 Å². The summed E-state index contributed by atoms with van der Waals surface area (Å²) in [6, 6.07) is 0. The fraction of sp³-hybridized carbons (Fsp3) is 0.667. The van der Waals surface area contributed by atoms with E-state index in [1.807, 2.05) is 13.8 Å². The van der Waals surface area contributed by atoms with E-state index >= 15 is 0 Å². The van der Waals surface area contributed by atoms with Crippen LogP contribution in [-0.4, -0.2) is 35.0 Å². The van der Waals surface area contributed by atoms with Crippen molar-refractivity contribution in [1.82, 2.24) is 0 Å². The van der Waals surface area contributed by atoms with Crippen LogP contribution < -0.4 is 0 Å². The number of hydrogen-bond acceptors (Lipinski definition) is 4. The molecule has 19 heavy (non-hydrogen) atoms. The van der Waals surface area contributed by atoms with Crippen molar-refractivity contribution in [3.05, 3.63) is 23.8 Å². The van der Waals surface area contributed by atoms with E-state index in [2.05, 4.69) is 12.7 Å². The zero-order valence-electron chi connectivity index (χ0n) is 11.4. The van der Waals surface area contributed by atoms with Crippen LogP contribution in [0.5, 0.6) is 0 Å². The number of carbonyl (C=O) groups is 1. The highest BCUT2D eigenvalue weighted by molar-refractivity contribution is 5.91. The van der Waals surface area contributed by atoms with Gasteiger partial charge in [0.05, 0.1) is 17.6 Å². The summed E-state index contributed by atoms with van der Waals surface area (Å²) >= 11 is 0. The van der Waals surface area contributed by atoms with Crippen LogP contribution in [0.2, 0.25) is 0 Å². The second kappa shape index (κ2) is 4.18. The van der Waals surface area contributed by atoms with Gasteiger partial charge in [0.15, 0.2) is 0 Å². The van der Waals surface area contributed by atoms with Gasteiger partial charge in [-0.15, -0.1) is 0 Å². The first-order valence-corrected chi connectivity index (χ1v) is 6.84. The molecule has 2 saturated heterocycles. The quantitative estimate of drug-likeness (QED) is 0.313. The van der Waals surface area contributed by atoms with E-state index in [0.29, 0.717) is 12.0 Å². The van der Waals surface area contributed by atoms with Crippen LogP contribution in [0.25, 0.3) is 0 Å². The Morgan fingerprint density at radius 1 is 1.53 bits per heavy atom. The van der Waals surface area contributed by atoms with E-state index in [-0.39, 0.29) is 23.7 Å². The zero-order valence-corrected chi connectivity index (χ0v) is 11.4. The number of hydrogen-bond donors (Lipinski definition) is 1. The van der Waals surface area contributed by atoms with Gasteiger partial charge in [0.2, 0.25) is 0 Å². The first-order valence-electron chi connectivity index (χ1n) is 6.84. The van der Waals surface area contributed by atoms with E-state index in [9.17, 15) is 9.90 Å². The van der Waals surface area contributed by atoms with Gasteiger partial charge in [0.25, 0.3) is 0 Å². The van der Waals surface area contributed by atoms with Gasteiger partial charge in [-0.25, -0.2) is 4.79 Å². The lowest BCUT2D eigenvalue weighted by molar-refractivity contribution is -0.140. The zero-order chi connectivity index (χ0) is 13.8. The largest absolute Gasteiger partial charge is 0.455 e. The third-order valence-electron chi connectivity index (χ3n) is 4.58. The van der Waals surface area contributed by atoms with E-state index in [4.69, 9.17) is 9.47 Å². The summed E-state index contributed by atoms with van der Waals surface area (Å²) in [5.74, 6) is -0.742. The Kier molecular flexibility index (Phi) is 2.84. The summed E-state index contributed by atoms with van der Waals surface area (Å²) in [6.45, 7) is 7.84. The maximum atomic E-state index is 11.7. The van der Waals surface area contributed by atoms with Crippen LogP contribution in [0, 0.1) is 5.92 Å². The molecule has 104 valence electrons. The molecule has 0 saturated carbocycles. The Morgan fingerprint density at radius 3 is 3.00 bits per heavy atom. The van der Waals surface area contributed by atoms with Gasteiger partial charge in [-0.3, -0.25) is 0 Å². The predicted molar refractivity (Wildman–Crippen MR) is 69.4 cm³/mol. The Hall–Kier alpha value is -1.13. The smallest absolute Gasteiger partial charge is 0.334 e. The predicted octanol–water partition coefficient (Wildman–Crippen LogP) is 1.73. The Bertz CT molecular complexity index is 467. The summed E-state index contributed by atoms with van der Waals surface area (Å²) in [6.07, 6.45) is 3.42. The topological polar surface area (TPSA) is 59.1 Å². The van der Waals surface area contributed by atoms with Gasteiger partial charge in [-0.2, -0.15) is 0 Å². The van der Waals surface area contributed by atoms with E-state index < -0.39 is 12.1 Å². The number of allylic oxidation sites excluding steroid dienone is 1. The van der Waals surface area contributed by atoms with Gasteiger partial charge < -0.3 is 14.6 Å². The summed E-state index contributed by atoms with van der Waals surface area (Å²) in [7, 11) is 0. The molecule has 2 aliphatic heterocycles. The molecule has 3 rings (SSSR count). The molecule has 0 aromatic carbocycles. The minimum absolute atomic E-state index is 0.109. The standard InChI is InChI=1S/C15H20O4/c1-8-5-4-6-15(3)13(19-15)12-11(10(16)7-8)9(2)14(17)18-12/h5,10-13,16H,2,4,6-7H2,1,3H3/b8-5+/t10?,11-,12?,13?,15-/m1/s1. The monoisotopic (exact) mass is 264 g/mol. The average molecular weight is 264 g/mol. The minimum atomic E-state index is -0.633. The SMILES string of the molecule is C=C1C(=O)OC2C3O[C@]3(C)CC/C=C(\C)CC(O)[C@@H]12. The van der Waals surface area contributed by atoms with Crippen molar-refractivity contribution in [3.8, 4) is 0 Å². The van der Waals surface area contributed by atoms with Crippen molar-refractivity contribution in [2.75, 3.05) is 0 Å². The van der Waals surface area contributed by atoms with Crippen LogP contribution >= 0.6 is 0 Å². The molecule has 2 heterocycles. The maximum Gasteiger partial charge on any atom is 0.334 e. The number of rotatable bonds is 0. The lowest BCUT2D eigenvalue weighted by Gasteiger charge is -2.24. The van der Waals surface area contributed by atoms with Crippen molar-refractivity contribution in [3.63, 3.8) is 0 Å². The van der Waals surface area contributed by atoms with Crippen molar-refractivity contribution in [1.29, 1.82) is 0 Å². The molecule has 0 aromatic heterocycles. The lowest BCUT2D eigenvalue weighted by atomic mass is 9.82. The van der Waals surface area contributed by atoms with Gasteiger partial charge in [-0.05, 0) is 33.1 Å². The first-order chi connectivity index (χ1) is 8.92. The molecule has 0 aromatic rings. The second-order valence-corrected chi connectivity index (χ2v) is 6.13. The van der Waals surface area contributed by atoms with Crippen molar-refractivity contribution in [2.45, 2.75) is 57.0 Å². The van der Waals surface area contributed by atoms with E-state index in [0.717, 1.165) is 18.4 Å². The summed E-state index contributed by atoms with van der Waals surface area (Å²) in [5.41, 5.74) is 1.28. The average Bonchev–Trinajstić information content (AvgIpc) is 2.89. The third-order valence-corrected chi connectivity index (χ3v) is 4.58. The summed E-state index contributed by atoms with van der Waals surface area (Å²) in [4.78, 5) is 11.7. The molecule has 2 fully saturated rings.